The van der Waals surface area contributed by atoms with Gasteiger partial charge < -0.3 is 14.4 Å². The highest BCUT2D eigenvalue weighted by Crippen LogP contribution is 2.53. The lowest BCUT2D eigenvalue weighted by molar-refractivity contribution is -0.175. The van der Waals surface area contributed by atoms with E-state index in [4.69, 9.17) is 9.47 Å². The summed E-state index contributed by atoms with van der Waals surface area (Å²) in [7, 11) is 1.43. The highest BCUT2D eigenvalue weighted by molar-refractivity contribution is 5.79. The number of methoxy groups -OCH3 is 1. The number of benzene rings is 1. The number of nitrogens with zero attached hydrogens (tertiary/aromatic N) is 1. The minimum atomic E-state index is -0.509. The predicted molar refractivity (Wildman–Crippen MR) is 101 cm³/mol. The Morgan fingerprint density at radius 2 is 2.15 bits per heavy atom. The molecule has 1 spiro atoms. The van der Waals surface area contributed by atoms with Crippen LogP contribution in [0.3, 0.4) is 0 Å². The van der Waals surface area contributed by atoms with Crippen LogP contribution in [0.1, 0.15) is 56.6 Å². The van der Waals surface area contributed by atoms with Gasteiger partial charge in [-0.15, -0.1) is 0 Å². The lowest BCUT2D eigenvalue weighted by atomic mass is 9.72. The molecule has 0 unspecified atom stereocenters. The number of hydrogen-bond donors (Lipinski definition) is 0. The molecule has 1 amide bonds. The number of allylic oxidation sites excluding steroid dienone is 1. The van der Waals surface area contributed by atoms with Crippen LogP contribution in [-0.4, -0.2) is 36.2 Å². The molecule has 5 heteroatoms. The molecule has 0 bridgehead atoms. The summed E-state index contributed by atoms with van der Waals surface area (Å²) < 4.78 is 11.2. The Labute approximate surface area is 160 Å². The molecule has 2 aliphatic heterocycles. The molecule has 5 nitrogen and oxygen atoms in total. The Morgan fingerprint density at radius 1 is 1.33 bits per heavy atom. The van der Waals surface area contributed by atoms with Crippen LogP contribution in [0.2, 0.25) is 0 Å². The molecule has 0 radical (unpaired) electrons. The second kappa shape index (κ2) is 7.47. The van der Waals surface area contributed by atoms with Gasteiger partial charge in [0.25, 0.3) is 0 Å². The van der Waals surface area contributed by atoms with Crippen LogP contribution >= 0.6 is 0 Å². The van der Waals surface area contributed by atoms with Gasteiger partial charge in [0.05, 0.1) is 19.8 Å². The van der Waals surface area contributed by atoms with Crippen molar-refractivity contribution >= 4 is 11.9 Å². The number of carbonyl (C=O) groups excluding carboxylic acids is 2. The average molecular weight is 369 g/mol. The molecular formula is C22H27NO4. The smallest absolute Gasteiger partial charge is 0.305 e. The molecule has 0 N–H and O–H groups in total. The van der Waals surface area contributed by atoms with E-state index >= 15 is 0 Å². The topological polar surface area (TPSA) is 55.8 Å². The van der Waals surface area contributed by atoms with Crippen LogP contribution in [-0.2, 0) is 19.1 Å². The van der Waals surface area contributed by atoms with Crippen molar-refractivity contribution in [1.29, 1.82) is 0 Å². The second-order valence-corrected chi connectivity index (χ2v) is 7.68. The fraction of sp³-hybridized carbons (Fsp3) is 0.545. The van der Waals surface area contributed by atoms with Crippen molar-refractivity contribution in [2.24, 2.45) is 5.92 Å². The molecule has 144 valence electrons. The maximum atomic E-state index is 12.9. The predicted octanol–water partition coefficient (Wildman–Crippen LogP) is 3.76. The van der Waals surface area contributed by atoms with Crippen molar-refractivity contribution in [2.75, 3.05) is 13.7 Å². The Balaban J connectivity index is 1.56. The zero-order valence-electron chi connectivity index (χ0n) is 15.9. The molecule has 2 fully saturated rings. The highest BCUT2D eigenvalue weighted by Gasteiger charge is 2.58. The summed E-state index contributed by atoms with van der Waals surface area (Å²) in [5.41, 5.74) is 1.98. The van der Waals surface area contributed by atoms with Gasteiger partial charge in [0, 0.05) is 18.8 Å². The Bertz CT molecular complexity index is 744. The van der Waals surface area contributed by atoms with Crippen LogP contribution < -0.4 is 0 Å². The van der Waals surface area contributed by atoms with E-state index in [-0.39, 0.29) is 23.8 Å². The Kier molecular flexibility index (Phi) is 5.04. The summed E-state index contributed by atoms with van der Waals surface area (Å²) >= 11 is 0. The molecule has 1 aromatic rings. The van der Waals surface area contributed by atoms with Gasteiger partial charge in [-0.25, -0.2) is 0 Å². The normalized spacial score (nSPS) is 29.7. The zero-order valence-corrected chi connectivity index (χ0v) is 15.9. The van der Waals surface area contributed by atoms with Crippen molar-refractivity contribution in [3.05, 3.63) is 47.5 Å². The van der Waals surface area contributed by atoms with E-state index in [1.54, 1.807) is 0 Å². The minimum absolute atomic E-state index is 0.00378. The SMILES string of the molecule is COC(=O)CCCC1=CCC[C@@]23OC[C@@H](c4ccccc4)N2C(=O)CC[C@@H]13. The number of carbonyl (C=O) groups is 2. The number of rotatable bonds is 5. The molecule has 0 saturated carbocycles. The van der Waals surface area contributed by atoms with E-state index in [0.29, 0.717) is 19.4 Å². The van der Waals surface area contributed by atoms with Crippen LogP contribution in [0.15, 0.2) is 42.0 Å². The van der Waals surface area contributed by atoms with E-state index in [2.05, 4.69) is 18.2 Å². The van der Waals surface area contributed by atoms with Gasteiger partial charge in [-0.1, -0.05) is 42.0 Å². The van der Waals surface area contributed by atoms with Gasteiger partial charge in [0.1, 0.15) is 0 Å². The summed E-state index contributed by atoms with van der Waals surface area (Å²) in [5.74, 6) is 0.270. The quantitative estimate of drug-likeness (QED) is 0.586. The third kappa shape index (κ3) is 3.18. The van der Waals surface area contributed by atoms with Gasteiger partial charge in [-0.05, 0) is 37.7 Å². The summed E-state index contributed by atoms with van der Waals surface area (Å²) in [5, 5.41) is 0. The van der Waals surface area contributed by atoms with Crippen molar-refractivity contribution in [1.82, 2.24) is 4.90 Å². The van der Waals surface area contributed by atoms with Crippen molar-refractivity contribution in [3.8, 4) is 0 Å². The summed E-state index contributed by atoms with van der Waals surface area (Å²) in [4.78, 5) is 26.4. The van der Waals surface area contributed by atoms with Gasteiger partial charge in [0.15, 0.2) is 5.72 Å². The Hall–Kier alpha value is -2.14. The standard InChI is InChI=1S/C22H27NO4/c1-26-21(25)11-5-9-16-10-6-14-22-18(16)12-13-20(24)23(22)19(15-27-22)17-7-3-2-4-8-17/h2-4,7-8,10,18-19H,5-6,9,11-15H2,1H3/t18-,19-,22-/m0/s1. The summed E-state index contributed by atoms with van der Waals surface area (Å²) in [6.07, 6.45) is 7.55. The van der Waals surface area contributed by atoms with E-state index < -0.39 is 5.72 Å². The maximum Gasteiger partial charge on any atom is 0.305 e. The number of hydrogen-bond acceptors (Lipinski definition) is 4. The third-order valence-electron chi connectivity index (χ3n) is 6.29. The van der Waals surface area contributed by atoms with Gasteiger partial charge in [-0.3, -0.25) is 9.59 Å². The first-order valence-electron chi connectivity index (χ1n) is 9.92. The summed E-state index contributed by atoms with van der Waals surface area (Å²) in [6, 6.07) is 10.2. The van der Waals surface area contributed by atoms with Gasteiger partial charge >= 0.3 is 5.97 Å². The molecule has 0 aromatic heterocycles. The lowest BCUT2D eigenvalue weighted by Gasteiger charge is -2.50. The van der Waals surface area contributed by atoms with E-state index in [1.165, 1.54) is 12.7 Å². The van der Waals surface area contributed by atoms with Crippen molar-refractivity contribution < 1.29 is 19.1 Å². The molecule has 3 atom stereocenters. The van der Waals surface area contributed by atoms with Gasteiger partial charge in [-0.2, -0.15) is 0 Å². The molecule has 4 rings (SSSR count). The fourth-order valence-corrected chi connectivity index (χ4v) is 5.08. The molecule has 2 saturated heterocycles. The first-order valence-corrected chi connectivity index (χ1v) is 9.92. The first-order chi connectivity index (χ1) is 13.2. The van der Waals surface area contributed by atoms with Crippen LogP contribution in [0.25, 0.3) is 0 Å². The first kappa shape index (κ1) is 18.2. The Morgan fingerprint density at radius 3 is 2.93 bits per heavy atom. The number of esters is 1. The molecule has 1 aliphatic carbocycles. The van der Waals surface area contributed by atoms with E-state index in [0.717, 1.165) is 37.7 Å². The monoisotopic (exact) mass is 369 g/mol. The van der Waals surface area contributed by atoms with Crippen LogP contribution in [0.5, 0.6) is 0 Å². The number of amides is 1. The second-order valence-electron chi connectivity index (χ2n) is 7.68. The maximum absolute atomic E-state index is 12.9. The minimum Gasteiger partial charge on any atom is -0.469 e. The zero-order chi connectivity index (χ0) is 18.9. The van der Waals surface area contributed by atoms with Crippen molar-refractivity contribution in [3.63, 3.8) is 0 Å². The highest BCUT2D eigenvalue weighted by atomic mass is 16.5. The molecule has 2 heterocycles. The van der Waals surface area contributed by atoms with E-state index in [9.17, 15) is 9.59 Å². The van der Waals surface area contributed by atoms with Crippen LogP contribution in [0.4, 0.5) is 0 Å². The molecule has 3 aliphatic rings. The van der Waals surface area contributed by atoms with Gasteiger partial charge in [0.2, 0.25) is 5.91 Å². The fourth-order valence-electron chi connectivity index (χ4n) is 5.08. The number of ether oxygens (including phenoxy) is 2. The number of piperidine rings is 1. The van der Waals surface area contributed by atoms with E-state index in [1.807, 2.05) is 23.1 Å². The third-order valence-corrected chi connectivity index (χ3v) is 6.29. The molecular weight excluding hydrogens is 342 g/mol. The van der Waals surface area contributed by atoms with Crippen molar-refractivity contribution in [2.45, 2.75) is 56.7 Å². The largest absolute Gasteiger partial charge is 0.469 e. The molecule has 1 aromatic carbocycles. The average Bonchev–Trinajstić information content (AvgIpc) is 3.09. The summed E-state index contributed by atoms with van der Waals surface area (Å²) in [6.45, 7) is 0.557. The molecule has 27 heavy (non-hydrogen) atoms. The lowest BCUT2D eigenvalue weighted by Crippen LogP contribution is -2.58. The van der Waals surface area contributed by atoms with Crippen LogP contribution in [0, 0.1) is 5.92 Å².